The van der Waals surface area contributed by atoms with Crippen LogP contribution in [0.25, 0.3) is 0 Å². The minimum atomic E-state index is -0.643. The second-order valence-electron chi connectivity index (χ2n) is 15.2. The summed E-state index contributed by atoms with van der Waals surface area (Å²) in [4.78, 5) is 88.1. The molecule has 1 unspecified atom stereocenters. The second-order valence-corrected chi connectivity index (χ2v) is 18.6. The number of oxazole rings is 1. The lowest BCUT2D eigenvalue weighted by Crippen LogP contribution is -2.52. The SMILES string of the molecule is CC(C)(C)c1cnc(CSc2cnc(NC(=O)C3CCN(CC(=O)NCCCCCNC(=O)NCc4cc5c(s4)C(=O)N(C4CCC(=O)NC4=O)C5)CC3)s2)o1. The summed E-state index contributed by atoms with van der Waals surface area (Å²) >= 11 is 4.30. The molecule has 0 bridgehead atoms. The van der Waals surface area contributed by atoms with Crippen LogP contribution in [0.4, 0.5) is 9.93 Å². The van der Waals surface area contributed by atoms with Crippen molar-refractivity contribution in [2.75, 3.05) is 38.0 Å². The highest BCUT2D eigenvalue weighted by molar-refractivity contribution is 8.00. The lowest BCUT2D eigenvalue weighted by atomic mass is 9.94. The summed E-state index contributed by atoms with van der Waals surface area (Å²) in [7, 11) is 0. The molecule has 6 heterocycles. The number of piperidine rings is 2. The van der Waals surface area contributed by atoms with Crippen molar-refractivity contribution in [3.05, 3.63) is 45.4 Å². The fraction of sp³-hybridized carbons (Fsp3) is 0.568. The Morgan fingerprint density at radius 3 is 2.46 bits per heavy atom. The molecule has 56 heavy (non-hydrogen) atoms. The quantitative estimate of drug-likeness (QED) is 0.0793. The normalized spacial score (nSPS) is 17.8. The van der Waals surface area contributed by atoms with Crippen molar-refractivity contribution in [2.24, 2.45) is 5.92 Å². The highest BCUT2D eigenvalue weighted by Crippen LogP contribution is 2.34. The number of urea groups is 1. The number of carbonyl (C=O) groups excluding carboxylic acids is 6. The molecule has 3 aliphatic heterocycles. The van der Waals surface area contributed by atoms with E-state index in [4.69, 9.17) is 4.42 Å². The Labute approximate surface area is 337 Å². The first-order chi connectivity index (χ1) is 26.8. The number of fused-ring (bicyclic) bond motifs is 1. The molecule has 7 amide bonds. The molecule has 0 saturated carbocycles. The monoisotopic (exact) mass is 827 g/mol. The van der Waals surface area contributed by atoms with Gasteiger partial charge in [-0.15, -0.1) is 23.1 Å². The number of carbonyl (C=O) groups is 6. The molecule has 6 rings (SSSR count). The molecule has 0 aromatic carbocycles. The van der Waals surface area contributed by atoms with Crippen molar-refractivity contribution >= 4 is 75.1 Å². The van der Waals surface area contributed by atoms with Gasteiger partial charge in [-0.05, 0) is 63.2 Å². The number of amides is 7. The van der Waals surface area contributed by atoms with Gasteiger partial charge in [-0.2, -0.15) is 0 Å². The van der Waals surface area contributed by atoms with Gasteiger partial charge in [-0.25, -0.2) is 14.8 Å². The Hall–Kier alpha value is -4.33. The Morgan fingerprint density at radius 2 is 1.75 bits per heavy atom. The summed E-state index contributed by atoms with van der Waals surface area (Å²) in [6.45, 7) is 9.51. The summed E-state index contributed by atoms with van der Waals surface area (Å²) in [5.41, 5.74) is 0.731. The van der Waals surface area contributed by atoms with E-state index in [-0.39, 0.29) is 54.0 Å². The van der Waals surface area contributed by atoms with Crippen LogP contribution in [0.15, 0.2) is 27.1 Å². The van der Waals surface area contributed by atoms with Gasteiger partial charge in [0, 0.05) is 42.3 Å². The molecule has 3 aromatic heterocycles. The van der Waals surface area contributed by atoms with Crippen LogP contribution in [-0.2, 0) is 43.4 Å². The van der Waals surface area contributed by atoms with Crippen molar-refractivity contribution < 1.29 is 33.2 Å². The minimum Gasteiger partial charge on any atom is -0.444 e. The van der Waals surface area contributed by atoms with Gasteiger partial charge in [-0.1, -0.05) is 32.1 Å². The van der Waals surface area contributed by atoms with Crippen LogP contribution < -0.4 is 26.6 Å². The molecule has 0 radical (unpaired) electrons. The largest absolute Gasteiger partial charge is 0.444 e. The predicted molar refractivity (Wildman–Crippen MR) is 212 cm³/mol. The Bertz CT molecular complexity index is 1910. The van der Waals surface area contributed by atoms with Gasteiger partial charge in [0.2, 0.25) is 29.5 Å². The highest BCUT2D eigenvalue weighted by Gasteiger charge is 2.40. The standard InChI is InChI=1S/C37H49N9O7S3/c1-37(2,3)26-17-40-29(53-26)21-54-30-18-42-36(56-30)44-32(49)22-9-13-45(14-10-22)20-28(48)38-11-5-4-6-12-39-35(52)41-16-24-15-23-19-46(34(51)31(23)55-24)25-7-8-27(47)43-33(25)50/h15,17-18,22,25H,4-14,16,19-21H2,1-3H3,(H,38,48)(H2,39,41,52)(H,42,44,49)(H,43,47,50). The van der Waals surface area contributed by atoms with Gasteiger partial charge in [0.15, 0.2) is 5.13 Å². The number of nitrogens with zero attached hydrogens (tertiary/aromatic N) is 4. The molecule has 3 aliphatic rings. The van der Waals surface area contributed by atoms with E-state index in [1.807, 2.05) is 6.07 Å². The Kier molecular flexibility index (Phi) is 13.8. The number of anilines is 1. The first-order valence-electron chi connectivity index (χ1n) is 18.9. The number of nitrogens with one attached hydrogen (secondary N) is 5. The van der Waals surface area contributed by atoms with E-state index in [0.717, 1.165) is 39.7 Å². The predicted octanol–water partition coefficient (Wildman–Crippen LogP) is 3.98. The topological polar surface area (TPSA) is 208 Å². The lowest BCUT2D eigenvalue weighted by Gasteiger charge is -2.30. The number of rotatable bonds is 16. The summed E-state index contributed by atoms with van der Waals surface area (Å²) in [6.07, 6.45) is 7.80. The van der Waals surface area contributed by atoms with Crippen molar-refractivity contribution in [1.29, 1.82) is 0 Å². The molecule has 0 spiro atoms. The third kappa shape index (κ3) is 11.2. The van der Waals surface area contributed by atoms with Gasteiger partial charge in [-0.3, -0.25) is 34.2 Å². The number of unbranched alkanes of at least 4 members (excludes halogenated alkanes) is 2. The van der Waals surface area contributed by atoms with Gasteiger partial charge < -0.3 is 30.6 Å². The number of hydrogen-bond acceptors (Lipinski definition) is 13. The molecule has 19 heteroatoms. The van der Waals surface area contributed by atoms with Gasteiger partial charge >= 0.3 is 6.03 Å². The number of thioether (sulfide) groups is 1. The summed E-state index contributed by atoms with van der Waals surface area (Å²) in [5, 5.41) is 14.5. The van der Waals surface area contributed by atoms with Crippen LogP contribution in [-0.4, -0.2) is 94.1 Å². The lowest BCUT2D eigenvalue weighted by molar-refractivity contribution is -0.137. The first-order valence-corrected chi connectivity index (χ1v) is 21.6. The molecule has 1 atom stereocenters. The molecule has 2 saturated heterocycles. The van der Waals surface area contributed by atoms with Crippen molar-refractivity contribution in [1.82, 2.24) is 41.0 Å². The number of aromatic nitrogens is 2. The average molecular weight is 828 g/mol. The Balaban J connectivity index is 0.772. The van der Waals surface area contributed by atoms with Crippen LogP contribution in [0.5, 0.6) is 0 Å². The van der Waals surface area contributed by atoms with Crippen molar-refractivity contribution in [3.63, 3.8) is 0 Å². The van der Waals surface area contributed by atoms with E-state index >= 15 is 0 Å². The van der Waals surface area contributed by atoms with E-state index in [9.17, 15) is 28.8 Å². The van der Waals surface area contributed by atoms with Crippen LogP contribution >= 0.6 is 34.4 Å². The number of hydrogen-bond donors (Lipinski definition) is 5. The average Bonchev–Trinajstić information content (AvgIpc) is 3.96. The van der Waals surface area contributed by atoms with Gasteiger partial charge in [0.05, 0.1) is 40.3 Å². The molecule has 302 valence electrons. The molecule has 5 N–H and O–H groups in total. The van der Waals surface area contributed by atoms with Crippen LogP contribution in [0.1, 0.15) is 97.5 Å². The number of thiophene rings is 1. The fourth-order valence-electron chi connectivity index (χ4n) is 6.64. The first kappa shape index (κ1) is 41.3. The minimum absolute atomic E-state index is 0.0393. The van der Waals surface area contributed by atoms with Crippen LogP contribution in [0.3, 0.4) is 0 Å². The Morgan fingerprint density at radius 1 is 0.982 bits per heavy atom. The van der Waals surface area contributed by atoms with Gasteiger partial charge in [0.25, 0.3) is 5.91 Å². The maximum atomic E-state index is 12.9. The van der Waals surface area contributed by atoms with E-state index in [0.29, 0.717) is 80.2 Å². The van der Waals surface area contributed by atoms with Gasteiger partial charge in [0.1, 0.15) is 11.8 Å². The molecule has 3 aromatic rings. The van der Waals surface area contributed by atoms with E-state index in [2.05, 4.69) is 62.2 Å². The maximum absolute atomic E-state index is 12.9. The molecular weight excluding hydrogens is 779 g/mol. The zero-order chi connectivity index (χ0) is 39.8. The van der Waals surface area contributed by atoms with Crippen molar-refractivity contribution in [2.45, 2.75) is 100 Å². The van der Waals surface area contributed by atoms with Crippen LogP contribution in [0.2, 0.25) is 0 Å². The summed E-state index contributed by atoms with van der Waals surface area (Å²) in [5.74, 6) is 0.907. The molecule has 0 aliphatic carbocycles. The third-order valence-electron chi connectivity index (χ3n) is 9.80. The number of imide groups is 1. The number of thiazole rings is 1. The summed E-state index contributed by atoms with van der Waals surface area (Å²) < 4.78 is 6.83. The second kappa shape index (κ2) is 18.7. The molecule has 16 nitrogen and oxygen atoms in total. The van der Waals surface area contributed by atoms with Crippen LogP contribution in [0, 0.1) is 5.92 Å². The third-order valence-corrected chi connectivity index (χ3v) is 13.1. The maximum Gasteiger partial charge on any atom is 0.315 e. The van der Waals surface area contributed by atoms with E-state index in [1.54, 1.807) is 24.2 Å². The zero-order valence-electron chi connectivity index (χ0n) is 31.9. The number of likely N-dealkylation sites (tertiary alicyclic amines) is 1. The zero-order valence-corrected chi connectivity index (χ0v) is 34.3. The fourth-order valence-corrected chi connectivity index (χ4v) is 9.43. The smallest absolute Gasteiger partial charge is 0.315 e. The summed E-state index contributed by atoms with van der Waals surface area (Å²) in [6, 6.07) is 0.936. The molecular formula is C37H49N9O7S3. The highest BCUT2D eigenvalue weighted by atomic mass is 32.2. The van der Waals surface area contributed by atoms with E-state index < -0.39 is 11.9 Å². The van der Waals surface area contributed by atoms with E-state index in [1.165, 1.54) is 27.6 Å². The van der Waals surface area contributed by atoms with Crippen molar-refractivity contribution in [3.8, 4) is 0 Å². The molecule has 2 fully saturated rings.